The number of nitrogens with zero attached hydrogens (tertiary/aromatic N) is 1. The molecule has 0 aliphatic rings. The van der Waals surface area contributed by atoms with E-state index in [0.29, 0.717) is 16.6 Å². The van der Waals surface area contributed by atoms with Crippen molar-refractivity contribution in [2.75, 3.05) is 7.05 Å². The molecule has 0 radical (unpaired) electrons. The molecule has 1 unspecified atom stereocenters. The second-order valence-electron chi connectivity index (χ2n) is 6.62. The Kier molecular flexibility index (Phi) is 7.22. The van der Waals surface area contributed by atoms with Gasteiger partial charge in [-0.2, -0.15) is 0 Å². The lowest BCUT2D eigenvalue weighted by Crippen LogP contribution is -2.50. The van der Waals surface area contributed by atoms with Crippen LogP contribution in [0.2, 0.25) is 10.0 Å². The minimum absolute atomic E-state index is 0.0944. The Labute approximate surface area is 168 Å². The number of nitrogens with one attached hydrogen (secondary N) is 1. The van der Waals surface area contributed by atoms with Gasteiger partial charge in [0.25, 0.3) is 5.91 Å². The number of benzene rings is 2. The summed E-state index contributed by atoms with van der Waals surface area (Å²) in [6.45, 7) is 3.93. The Morgan fingerprint density at radius 1 is 1.11 bits per heavy atom. The second-order valence-corrected chi connectivity index (χ2v) is 7.43. The predicted octanol–water partition coefficient (Wildman–Crippen LogP) is 4.55. The van der Waals surface area contributed by atoms with E-state index in [0.717, 1.165) is 5.56 Å². The van der Waals surface area contributed by atoms with Crippen molar-refractivity contribution in [3.63, 3.8) is 0 Å². The number of hydrogen-bond acceptors (Lipinski definition) is 2. The van der Waals surface area contributed by atoms with Crippen molar-refractivity contribution < 1.29 is 14.0 Å². The maximum atomic E-state index is 13.8. The van der Waals surface area contributed by atoms with Gasteiger partial charge in [-0.25, -0.2) is 4.39 Å². The van der Waals surface area contributed by atoms with Gasteiger partial charge >= 0.3 is 0 Å². The third kappa shape index (κ3) is 5.44. The second kappa shape index (κ2) is 9.20. The number of rotatable bonds is 6. The largest absolute Gasteiger partial charge is 0.340 e. The highest BCUT2D eigenvalue weighted by Gasteiger charge is 2.28. The van der Waals surface area contributed by atoms with Gasteiger partial charge in [0, 0.05) is 13.6 Å². The molecule has 0 saturated heterocycles. The molecule has 0 aliphatic carbocycles. The summed E-state index contributed by atoms with van der Waals surface area (Å²) in [4.78, 5) is 26.7. The van der Waals surface area contributed by atoms with Crippen LogP contribution >= 0.6 is 23.2 Å². The van der Waals surface area contributed by atoms with Crippen LogP contribution in [-0.2, 0) is 11.3 Å². The average Bonchev–Trinajstić information content (AvgIpc) is 2.62. The molecule has 2 amide bonds. The molecule has 0 bridgehead atoms. The van der Waals surface area contributed by atoms with Gasteiger partial charge in [-0.15, -0.1) is 0 Å². The smallest absolute Gasteiger partial charge is 0.254 e. The van der Waals surface area contributed by atoms with Gasteiger partial charge in [0.1, 0.15) is 11.9 Å². The Morgan fingerprint density at radius 3 is 2.37 bits per heavy atom. The molecule has 0 fully saturated rings. The highest BCUT2D eigenvalue weighted by Crippen LogP contribution is 2.23. The maximum absolute atomic E-state index is 13.8. The van der Waals surface area contributed by atoms with Gasteiger partial charge in [-0.3, -0.25) is 9.59 Å². The van der Waals surface area contributed by atoms with Crippen LogP contribution in [0.1, 0.15) is 29.8 Å². The summed E-state index contributed by atoms with van der Waals surface area (Å²) in [6, 6.07) is 10.0. The Hall–Kier alpha value is -2.11. The fourth-order valence-corrected chi connectivity index (χ4v) is 2.93. The van der Waals surface area contributed by atoms with Crippen molar-refractivity contribution in [3.05, 3.63) is 69.5 Å². The lowest BCUT2D eigenvalue weighted by molar-refractivity contribution is -0.133. The number of carbonyl (C=O) groups excluding carboxylic acids is 2. The van der Waals surface area contributed by atoms with Crippen LogP contribution in [0.5, 0.6) is 0 Å². The molecule has 4 nitrogen and oxygen atoms in total. The van der Waals surface area contributed by atoms with Crippen molar-refractivity contribution in [2.45, 2.75) is 26.4 Å². The first-order chi connectivity index (χ1) is 12.7. The summed E-state index contributed by atoms with van der Waals surface area (Å²) >= 11 is 11.9. The van der Waals surface area contributed by atoms with E-state index >= 15 is 0 Å². The third-order valence-corrected chi connectivity index (χ3v) is 4.86. The quantitative estimate of drug-likeness (QED) is 0.759. The summed E-state index contributed by atoms with van der Waals surface area (Å²) < 4.78 is 13.8. The summed E-state index contributed by atoms with van der Waals surface area (Å²) in [5, 5.41) is 3.49. The topological polar surface area (TPSA) is 49.4 Å². The molecular weight excluding hydrogens is 390 g/mol. The summed E-state index contributed by atoms with van der Waals surface area (Å²) in [5.41, 5.74) is 0.714. The first kappa shape index (κ1) is 21.2. The van der Waals surface area contributed by atoms with Crippen LogP contribution in [0, 0.1) is 11.7 Å². The van der Waals surface area contributed by atoms with Crippen molar-refractivity contribution in [1.82, 2.24) is 10.2 Å². The van der Waals surface area contributed by atoms with Crippen LogP contribution in [0.25, 0.3) is 0 Å². The van der Waals surface area contributed by atoms with E-state index in [1.807, 2.05) is 13.8 Å². The molecule has 0 heterocycles. The Bertz CT molecular complexity index is 842. The lowest BCUT2D eigenvalue weighted by Gasteiger charge is -2.27. The van der Waals surface area contributed by atoms with Gasteiger partial charge < -0.3 is 10.2 Å². The molecule has 7 heteroatoms. The van der Waals surface area contributed by atoms with Gasteiger partial charge in [0.05, 0.1) is 15.6 Å². The summed E-state index contributed by atoms with van der Waals surface area (Å²) in [7, 11) is 1.63. The zero-order valence-corrected chi connectivity index (χ0v) is 16.8. The molecule has 0 aliphatic heterocycles. The maximum Gasteiger partial charge on any atom is 0.254 e. The molecule has 1 N–H and O–H groups in total. The Morgan fingerprint density at radius 2 is 1.78 bits per heavy atom. The first-order valence-electron chi connectivity index (χ1n) is 8.45. The van der Waals surface area contributed by atoms with Gasteiger partial charge in [0.15, 0.2) is 0 Å². The molecule has 27 heavy (non-hydrogen) atoms. The SMILES string of the molecule is CC(C)C(NC(=O)c1ccccc1F)C(=O)N(C)Cc1ccc(Cl)c(Cl)c1. The normalized spacial score (nSPS) is 12.0. The summed E-state index contributed by atoms with van der Waals surface area (Å²) in [5.74, 6) is -1.71. The third-order valence-electron chi connectivity index (χ3n) is 4.12. The van der Waals surface area contributed by atoms with Crippen LogP contribution in [0.4, 0.5) is 4.39 Å². The van der Waals surface area contributed by atoms with E-state index in [9.17, 15) is 14.0 Å². The molecule has 144 valence electrons. The molecule has 2 aromatic rings. The van der Waals surface area contributed by atoms with Crippen molar-refractivity contribution in [2.24, 2.45) is 5.92 Å². The Balaban J connectivity index is 2.12. The van der Waals surface area contributed by atoms with Gasteiger partial charge in [-0.1, -0.05) is 55.2 Å². The van der Waals surface area contributed by atoms with Crippen molar-refractivity contribution in [3.8, 4) is 0 Å². The molecule has 2 rings (SSSR count). The molecule has 0 saturated carbocycles. The average molecular weight is 411 g/mol. The van der Waals surface area contributed by atoms with E-state index in [4.69, 9.17) is 23.2 Å². The number of carbonyl (C=O) groups is 2. The summed E-state index contributed by atoms with van der Waals surface area (Å²) in [6.07, 6.45) is 0. The molecule has 0 spiro atoms. The van der Waals surface area contributed by atoms with Crippen LogP contribution in [0.3, 0.4) is 0 Å². The fraction of sp³-hybridized carbons (Fsp3) is 0.300. The molecular formula is C20H21Cl2FN2O2. The van der Waals surface area contributed by atoms with Crippen LogP contribution < -0.4 is 5.32 Å². The number of halogens is 3. The van der Waals surface area contributed by atoms with E-state index in [2.05, 4.69) is 5.32 Å². The number of hydrogen-bond donors (Lipinski definition) is 1. The van der Waals surface area contributed by atoms with E-state index in [1.54, 1.807) is 31.3 Å². The standard InChI is InChI=1S/C20H21Cl2FN2O2/c1-12(2)18(24-19(26)14-6-4-5-7-17(14)23)20(27)25(3)11-13-8-9-15(21)16(22)10-13/h4-10,12,18H,11H2,1-3H3,(H,24,26). The van der Waals surface area contributed by atoms with Gasteiger partial charge in [-0.05, 0) is 35.7 Å². The van der Waals surface area contributed by atoms with E-state index < -0.39 is 17.8 Å². The van der Waals surface area contributed by atoms with Crippen LogP contribution in [-0.4, -0.2) is 29.8 Å². The van der Waals surface area contributed by atoms with E-state index in [1.165, 1.54) is 23.1 Å². The molecule has 1 atom stereocenters. The van der Waals surface area contributed by atoms with E-state index in [-0.39, 0.29) is 17.4 Å². The molecule has 2 aromatic carbocycles. The highest BCUT2D eigenvalue weighted by molar-refractivity contribution is 6.42. The monoisotopic (exact) mass is 410 g/mol. The zero-order valence-electron chi connectivity index (χ0n) is 15.3. The predicted molar refractivity (Wildman–Crippen MR) is 105 cm³/mol. The highest BCUT2D eigenvalue weighted by atomic mass is 35.5. The number of amides is 2. The van der Waals surface area contributed by atoms with Crippen LogP contribution in [0.15, 0.2) is 42.5 Å². The minimum atomic E-state index is -0.787. The van der Waals surface area contributed by atoms with Crippen molar-refractivity contribution >= 4 is 35.0 Å². The molecule has 0 aromatic heterocycles. The number of likely N-dealkylation sites (N-methyl/N-ethyl adjacent to an activating group) is 1. The fourth-order valence-electron chi connectivity index (χ4n) is 2.61. The lowest BCUT2D eigenvalue weighted by atomic mass is 10.0. The first-order valence-corrected chi connectivity index (χ1v) is 9.20. The van der Waals surface area contributed by atoms with Gasteiger partial charge in [0.2, 0.25) is 5.91 Å². The zero-order chi connectivity index (χ0) is 20.1. The minimum Gasteiger partial charge on any atom is -0.340 e. The van der Waals surface area contributed by atoms with Crippen molar-refractivity contribution in [1.29, 1.82) is 0 Å².